The number of carbonyl (C=O) groups is 2. The number of benzene rings is 2. The van der Waals surface area contributed by atoms with Crippen LogP contribution in [0.1, 0.15) is 50.2 Å². The predicted molar refractivity (Wildman–Crippen MR) is 138 cm³/mol. The van der Waals surface area contributed by atoms with Crippen molar-refractivity contribution in [1.82, 2.24) is 14.7 Å². The molecule has 0 aliphatic carbocycles. The molecule has 1 heterocycles. The largest absolute Gasteiger partial charge is 0.497 e. The van der Waals surface area contributed by atoms with E-state index in [9.17, 15) is 9.59 Å². The minimum Gasteiger partial charge on any atom is -0.497 e. The second-order valence-corrected chi connectivity index (χ2v) is 9.97. The monoisotopic (exact) mass is 526 g/mol. The highest BCUT2D eigenvalue weighted by molar-refractivity contribution is 9.10. The highest BCUT2D eigenvalue weighted by Gasteiger charge is 2.23. The van der Waals surface area contributed by atoms with Crippen LogP contribution in [0.3, 0.4) is 0 Å². The van der Waals surface area contributed by atoms with E-state index in [2.05, 4.69) is 42.0 Å². The zero-order valence-electron chi connectivity index (χ0n) is 20.3. The molecule has 0 aliphatic rings. The lowest BCUT2D eigenvalue weighted by molar-refractivity contribution is -0.116. The maximum Gasteiger partial charge on any atom is 0.254 e. The summed E-state index contributed by atoms with van der Waals surface area (Å²) in [6.07, 6.45) is 0.744. The average molecular weight is 527 g/mol. The maximum absolute atomic E-state index is 13.1. The molecule has 2 aromatic carbocycles. The lowest BCUT2D eigenvalue weighted by atomic mass is 9.92. The van der Waals surface area contributed by atoms with Crippen LogP contribution in [0, 0.1) is 0 Å². The van der Waals surface area contributed by atoms with E-state index in [0.29, 0.717) is 17.9 Å². The number of carbonyl (C=O) groups excluding carboxylic acids is 2. The van der Waals surface area contributed by atoms with Crippen molar-refractivity contribution < 1.29 is 14.3 Å². The van der Waals surface area contributed by atoms with Crippen LogP contribution in [0.25, 0.3) is 5.69 Å². The number of halogens is 1. The summed E-state index contributed by atoms with van der Waals surface area (Å²) >= 11 is 3.39. The molecule has 8 heteroatoms. The standard InChI is InChI=1S/C26H31BrN4O3/c1-6-15-30(25(33)18-7-9-19(27)10-8-18)17-24(32)28-23-16-22(26(2,3)4)29-31(23)20-11-13-21(34-5)14-12-20/h7-14,16H,6,15,17H2,1-5H3,(H,28,32). The number of methoxy groups -OCH3 is 1. The molecule has 0 bridgehead atoms. The van der Waals surface area contributed by atoms with Gasteiger partial charge in [-0.3, -0.25) is 9.59 Å². The zero-order valence-corrected chi connectivity index (χ0v) is 21.8. The van der Waals surface area contributed by atoms with Crippen LogP contribution >= 0.6 is 15.9 Å². The van der Waals surface area contributed by atoms with Gasteiger partial charge in [0.25, 0.3) is 5.91 Å². The summed E-state index contributed by atoms with van der Waals surface area (Å²) in [7, 11) is 1.61. The summed E-state index contributed by atoms with van der Waals surface area (Å²) in [5, 5.41) is 7.71. The van der Waals surface area contributed by atoms with Crippen molar-refractivity contribution in [1.29, 1.82) is 0 Å². The van der Waals surface area contributed by atoms with Crippen LogP contribution in [0.2, 0.25) is 0 Å². The molecule has 0 fully saturated rings. The molecule has 180 valence electrons. The van der Waals surface area contributed by atoms with Crippen molar-refractivity contribution in [3.8, 4) is 11.4 Å². The summed E-state index contributed by atoms with van der Waals surface area (Å²) in [6.45, 7) is 8.61. The molecule has 3 aromatic rings. The first-order chi connectivity index (χ1) is 16.1. The van der Waals surface area contributed by atoms with E-state index in [1.165, 1.54) is 0 Å². The number of rotatable bonds is 8. The summed E-state index contributed by atoms with van der Waals surface area (Å²) in [5.74, 6) is 0.824. The van der Waals surface area contributed by atoms with Gasteiger partial charge >= 0.3 is 0 Å². The Morgan fingerprint density at radius 2 is 1.74 bits per heavy atom. The number of nitrogens with zero attached hydrogens (tertiary/aromatic N) is 3. The highest BCUT2D eigenvalue weighted by atomic mass is 79.9. The van der Waals surface area contributed by atoms with E-state index in [4.69, 9.17) is 9.84 Å². The Hall–Kier alpha value is -3.13. The van der Waals surface area contributed by atoms with E-state index in [1.807, 2.05) is 49.4 Å². The molecule has 0 unspecified atom stereocenters. The number of anilines is 1. The first-order valence-corrected chi connectivity index (χ1v) is 12.0. The average Bonchev–Trinajstić information content (AvgIpc) is 3.23. The molecule has 0 atom stereocenters. The van der Waals surface area contributed by atoms with Gasteiger partial charge in [-0.1, -0.05) is 43.6 Å². The van der Waals surface area contributed by atoms with Gasteiger partial charge in [-0.05, 0) is 55.0 Å². The van der Waals surface area contributed by atoms with Crippen LogP contribution in [0.15, 0.2) is 59.1 Å². The van der Waals surface area contributed by atoms with Crippen LogP contribution in [-0.4, -0.2) is 46.7 Å². The van der Waals surface area contributed by atoms with Gasteiger partial charge in [0.1, 0.15) is 18.1 Å². The van der Waals surface area contributed by atoms with Gasteiger partial charge in [-0.15, -0.1) is 0 Å². The fourth-order valence-electron chi connectivity index (χ4n) is 3.41. The Morgan fingerprint density at radius 1 is 1.09 bits per heavy atom. The van der Waals surface area contributed by atoms with E-state index >= 15 is 0 Å². The van der Waals surface area contributed by atoms with Crippen LogP contribution < -0.4 is 10.1 Å². The molecule has 1 N–H and O–H groups in total. The Bertz CT molecular complexity index is 1130. The van der Waals surface area contributed by atoms with Gasteiger partial charge < -0.3 is 15.0 Å². The van der Waals surface area contributed by atoms with E-state index in [-0.39, 0.29) is 23.8 Å². The van der Waals surface area contributed by atoms with Crippen molar-refractivity contribution in [2.24, 2.45) is 0 Å². The minimum absolute atomic E-state index is 0.0542. The van der Waals surface area contributed by atoms with E-state index in [0.717, 1.165) is 28.0 Å². The third kappa shape index (κ3) is 6.26. The van der Waals surface area contributed by atoms with Crippen LogP contribution in [0.4, 0.5) is 5.82 Å². The smallest absolute Gasteiger partial charge is 0.254 e. The van der Waals surface area contributed by atoms with Crippen molar-refractivity contribution in [3.05, 3.63) is 70.3 Å². The summed E-state index contributed by atoms with van der Waals surface area (Å²) in [6, 6.07) is 16.5. The van der Waals surface area contributed by atoms with Gasteiger partial charge in [0.05, 0.1) is 18.5 Å². The molecule has 2 amide bonds. The molecule has 0 aliphatic heterocycles. The maximum atomic E-state index is 13.1. The normalized spacial score (nSPS) is 11.2. The van der Waals surface area contributed by atoms with Gasteiger partial charge in [-0.25, -0.2) is 4.68 Å². The summed E-state index contributed by atoms with van der Waals surface area (Å²) in [5.41, 5.74) is 1.98. The van der Waals surface area contributed by atoms with Gasteiger partial charge in [0.15, 0.2) is 0 Å². The van der Waals surface area contributed by atoms with Crippen molar-refractivity contribution >= 4 is 33.6 Å². The number of ether oxygens (including phenoxy) is 1. The number of nitrogens with one attached hydrogen (secondary N) is 1. The molecule has 0 radical (unpaired) electrons. The van der Waals surface area contributed by atoms with E-state index < -0.39 is 0 Å². The Balaban J connectivity index is 1.84. The number of amides is 2. The molecular formula is C26H31BrN4O3. The van der Waals surface area contributed by atoms with Crippen molar-refractivity contribution in [3.63, 3.8) is 0 Å². The number of aromatic nitrogens is 2. The van der Waals surface area contributed by atoms with Gasteiger partial charge in [0.2, 0.25) is 5.91 Å². The Morgan fingerprint density at radius 3 is 2.29 bits per heavy atom. The van der Waals surface area contributed by atoms with E-state index in [1.54, 1.807) is 28.8 Å². The van der Waals surface area contributed by atoms with Gasteiger partial charge in [0, 0.05) is 28.1 Å². The highest BCUT2D eigenvalue weighted by Crippen LogP contribution is 2.27. The fourth-order valence-corrected chi connectivity index (χ4v) is 3.67. The SMILES string of the molecule is CCCN(CC(=O)Nc1cc(C(C)(C)C)nn1-c1ccc(OC)cc1)C(=O)c1ccc(Br)cc1. The first kappa shape index (κ1) is 25.5. The topological polar surface area (TPSA) is 76.5 Å². The Labute approximate surface area is 209 Å². The quantitative estimate of drug-likeness (QED) is 0.424. The number of hydrogen-bond donors (Lipinski definition) is 1. The summed E-state index contributed by atoms with van der Waals surface area (Å²) < 4.78 is 7.85. The third-order valence-corrected chi connectivity index (χ3v) is 5.80. The molecule has 1 aromatic heterocycles. The van der Waals surface area contributed by atoms with Crippen molar-refractivity contribution in [2.45, 2.75) is 39.5 Å². The summed E-state index contributed by atoms with van der Waals surface area (Å²) in [4.78, 5) is 27.6. The number of hydrogen-bond acceptors (Lipinski definition) is 4. The third-order valence-electron chi connectivity index (χ3n) is 5.27. The Kier molecular flexibility index (Phi) is 8.15. The molecule has 3 rings (SSSR count). The van der Waals surface area contributed by atoms with Crippen LogP contribution in [0.5, 0.6) is 5.75 Å². The molecule has 34 heavy (non-hydrogen) atoms. The predicted octanol–water partition coefficient (Wildman–Crippen LogP) is 5.43. The first-order valence-electron chi connectivity index (χ1n) is 11.2. The molecule has 0 saturated heterocycles. The molecule has 0 saturated carbocycles. The molecule has 7 nitrogen and oxygen atoms in total. The van der Waals surface area contributed by atoms with Crippen molar-refractivity contribution in [2.75, 3.05) is 25.5 Å². The second kappa shape index (κ2) is 10.9. The zero-order chi connectivity index (χ0) is 24.9. The van der Waals surface area contributed by atoms with Crippen LogP contribution in [-0.2, 0) is 10.2 Å². The second-order valence-electron chi connectivity index (χ2n) is 9.06. The lowest BCUT2D eigenvalue weighted by Gasteiger charge is -2.22. The molecule has 0 spiro atoms. The lowest BCUT2D eigenvalue weighted by Crippen LogP contribution is -2.38. The fraction of sp³-hybridized carbons (Fsp3) is 0.346. The van der Waals surface area contributed by atoms with Gasteiger partial charge in [-0.2, -0.15) is 5.10 Å². The molecular weight excluding hydrogens is 496 g/mol. The minimum atomic E-state index is -0.283.